The van der Waals surface area contributed by atoms with Crippen LogP contribution >= 0.6 is 0 Å². The van der Waals surface area contributed by atoms with Crippen molar-refractivity contribution in [1.82, 2.24) is 5.32 Å². The Kier molecular flexibility index (Phi) is 67.4. The second-order valence-electron chi connectivity index (χ2n) is 24.6. The van der Waals surface area contributed by atoms with E-state index >= 15 is 0 Å². The molecule has 0 aromatic rings. The lowest BCUT2D eigenvalue weighted by Crippen LogP contribution is -2.45. The SMILES string of the molecule is CCCCC/C=C\C/C=C\CCCCCCCC(=O)OCCCCCCCCCCC/C=C\C/C=C\CCCCCCCCCCCCCCCC(=O)NC(CO)C(O)CCCCCCCCCCCCCCCCCCCCC. The lowest BCUT2D eigenvalue weighted by atomic mass is 10.0. The van der Waals surface area contributed by atoms with Crippen molar-refractivity contribution in [3.05, 3.63) is 48.6 Å². The number of unbranched alkanes of at least 4 members (excludes halogenated alkanes) is 48. The van der Waals surface area contributed by atoms with Crippen LogP contribution in [0.25, 0.3) is 0 Å². The number of rotatable bonds is 67. The molecule has 0 heterocycles. The first-order valence-electron chi connectivity index (χ1n) is 35.9. The highest BCUT2D eigenvalue weighted by molar-refractivity contribution is 5.76. The summed E-state index contributed by atoms with van der Waals surface area (Å²) in [7, 11) is 0. The van der Waals surface area contributed by atoms with E-state index in [0.29, 0.717) is 25.9 Å². The topological polar surface area (TPSA) is 95.9 Å². The van der Waals surface area contributed by atoms with Crippen LogP contribution < -0.4 is 5.32 Å². The summed E-state index contributed by atoms with van der Waals surface area (Å²) in [6.07, 6.45) is 90.2. The number of hydrogen-bond donors (Lipinski definition) is 3. The number of aliphatic hydroxyl groups excluding tert-OH is 2. The van der Waals surface area contributed by atoms with Crippen molar-refractivity contribution >= 4 is 11.9 Å². The van der Waals surface area contributed by atoms with Gasteiger partial charge >= 0.3 is 5.97 Å². The number of nitrogens with one attached hydrogen (secondary N) is 1. The van der Waals surface area contributed by atoms with Crippen LogP contribution in [0.4, 0.5) is 0 Å². The number of ether oxygens (including phenoxy) is 1. The molecule has 0 spiro atoms. The average Bonchev–Trinajstić information content (AvgIpc) is 3.46. The Morgan fingerprint density at radius 3 is 0.975 bits per heavy atom. The van der Waals surface area contributed by atoms with E-state index in [4.69, 9.17) is 4.74 Å². The summed E-state index contributed by atoms with van der Waals surface area (Å²) in [5.41, 5.74) is 0. The lowest BCUT2D eigenvalue weighted by molar-refractivity contribution is -0.143. The highest BCUT2D eigenvalue weighted by Crippen LogP contribution is 2.18. The van der Waals surface area contributed by atoms with E-state index in [2.05, 4.69) is 67.8 Å². The second kappa shape index (κ2) is 69.3. The number of allylic oxidation sites excluding steroid dienone is 8. The summed E-state index contributed by atoms with van der Waals surface area (Å²) >= 11 is 0. The molecule has 6 nitrogen and oxygen atoms in total. The van der Waals surface area contributed by atoms with Crippen molar-refractivity contribution in [1.29, 1.82) is 0 Å². The van der Waals surface area contributed by atoms with Gasteiger partial charge in [0, 0.05) is 12.8 Å². The molecule has 2 unspecified atom stereocenters. The third-order valence-corrected chi connectivity index (χ3v) is 16.6. The van der Waals surface area contributed by atoms with Crippen LogP contribution in [-0.2, 0) is 14.3 Å². The predicted molar refractivity (Wildman–Crippen MR) is 352 cm³/mol. The third kappa shape index (κ3) is 65.0. The maximum Gasteiger partial charge on any atom is 0.305 e. The largest absolute Gasteiger partial charge is 0.466 e. The standard InChI is InChI=1S/C74H139NO5/c1-3-5-7-9-11-13-15-17-19-20-32-35-39-42-46-50-54-58-62-66-72(77)71(70-76)75-73(78)67-63-59-55-51-47-43-40-36-33-30-28-26-24-22-21-23-25-27-29-31-34-37-41-45-49-53-57-61-65-69-80-74(79)68-64-60-56-52-48-44-38-18-16-14-12-10-8-6-4-2/h12,14,18,21,23,27,29,38,71-72,76-77H,3-11,13,15-17,19-20,22,24-26,28,30-37,39-70H2,1-2H3,(H,75,78)/b14-12-,23-21-,29-27-,38-18-. The number of hydrogen-bond acceptors (Lipinski definition) is 5. The molecule has 0 saturated heterocycles. The van der Waals surface area contributed by atoms with Gasteiger partial charge in [-0.15, -0.1) is 0 Å². The Morgan fingerprint density at radius 2 is 0.625 bits per heavy atom. The van der Waals surface area contributed by atoms with Gasteiger partial charge in [0.05, 0.1) is 25.4 Å². The van der Waals surface area contributed by atoms with E-state index in [1.165, 1.54) is 295 Å². The molecule has 0 aliphatic heterocycles. The summed E-state index contributed by atoms with van der Waals surface area (Å²) in [5.74, 6) is -0.0346. The molecule has 3 N–H and O–H groups in total. The van der Waals surface area contributed by atoms with Crippen molar-refractivity contribution in [2.24, 2.45) is 0 Å². The molecule has 0 radical (unpaired) electrons. The van der Waals surface area contributed by atoms with E-state index in [9.17, 15) is 19.8 Å². The van der Waals surface area contributed by atoms with E-state index in [1.54, 1.807) is 0 Å². The monoisotopic (exact) mass is 1120 g/mol. The molecule has 0 bridgehead atoms. The zero-order valence-electron chi connectivity index (χ0n) is 53.8. The fourth-order valence-corrected chi connectivity index (χ4v) is 11.1. The second-order valence-corrected chi connectivity index (χ2v) is 24.6. The average molecular weight is 1120 g/mol. The number of amides is 1. The van der Waals surface area contributed by atoms with Crippen LogP contribution in [-0.4, -0.2) is 47.4 Å². The molecule has 0 fully saturated rings. The molecule has 80 heavy (non-hydrogen) atoms. The number of carbonyl (C=O) groups excluding carboxylic acids is 2. The van der Waals surface area contributed by atoms with Crippen molar-refractivity contribution in [3.63, 3.8) is 0 Å². The summed E-state index contributed by atoms with van der Waals surface area (Å²) in [6.45, 7) is 4.95. The summed E-state index contributed by atoms with van der Waals surface area (Å²) in [5, 5.41) is 23.4. The molecule has 0 aliphatic carbocycles. The highest BCUT2D eigenvalue weighted by atomic mass is 16.5. The van der Waals surface area contributed by atoms with Gasteiger partial charge in [0.2, 0.25) is 5.91 Å². The van der Waals surface area contributed by atoms with Crippen molar-refractivity contribution in [2.45, 2.75) is 398 Å². The minimum absolute atomic E-state index is 0.00183. The van der Waals surface area contributed by atoms with E-state index in [1.807, 2.05) is 0 Å². The van der Waals surface area contributed by atoms with Gasteiger partial charge < -0.3 is 20.3 Å². The molecule has 0 saturated carbocycles. The zero-order chi connectivity index (χ0) is 57.8. The molecular weight excluding hydrogens is 983 g/mol. The fraction of sp³-hybridized carbons (Fsp3) is 0.865. The predicted octanol–water partition coefficient (Wildman–Crippen LogP) is 23.3. The summed E-state index contributed by atoms with van der Waals surface area (Å²) < 4.78 is 5.48. The van der Waals surface area contributed by atoms with Gasteiger partial charge in [-0.25, -0.2) is 0 Å². The first-order chi connectivity index (χ1) is 39.5. The first kappa shape index (κ1) is 77.8. The Morgan fingerprint density at radius 1 is 0.350 bits per heavy atom. The minimum Gasteiger partial charge on any atom is -0.466 e. The van der Waals surface area contributed by atoms with E-state index in [0.717, 1.165) is 57.8 Å². The summed E-state index contributed by atoms with van der Waals surface area (Å²) in [4.78, 5) is 24.6. The van der Waals surface area contributed by atoms with Gasteiger partial charge in [-0.3, -0.25) is 9.59 Å². The van der Waals surface area contributed by atoms with Gasteiger partial charge in [0.1, 0.15) is 0 Å². The Bertz CT molecular complexity index is 1340. The first-order valence-corrected chi connectivity index (χ1v) is 35.9. The van der Waals surface area contributed by atoms with Crippen molar-refractivity contribution in [3.8, 4) is 0 Å². The van der Waals surface area contributed by atoms with Gasteiger partial charge in [-0.2, -0.15) is 0 Å². The van der Waals surface area contributed by atoms with Crippen LogP contribution in [0.15, 0.2) is 48.6 Å². The van der Waals surface area contributed by atoms with Crippen LogP contribution in [0.1, 0.15) is 386 Å². The lowest BCUT2D eigenvalue weighted by Gasteiger charge is -2.22. The Labute approximate surface area is 499 Å². The molecule has 2 atom stereocenters. The van der Waals surface area contributed by atoms with Gasteiger partial charge in [0.15, 0.2) is 0 Å². The van der Waals surface area contributed by atoms with Gasteiger partial charge in [-0.1, -0.05) is 332 Å². The maximum absolute atomic E-state index is 12.5. The van der Waals surface area contributed by atoms with Crippen LogP contribution in [0.3, 0.4) is 0 Å². The number of esters is 1. The zero-order valence-corrected chi connectivity index (χ0v) is 53.8. The summed E-state index contributed by atoms with van der Waals surface area (Å²) in [6, 6.07) is -0.544. The Hall–Kier alpha value is -2.18. The van der Waals surface area contributed by atoms with Crippen LogP contribution in [0.5, 0.6) is 0 Å². The van der Waals surface area contributed by atoms with Gasteiger partial charge in [0.25, 0.3) is 0 Å². The normalized spacial score (nSPS) is 12.8. The molecule has 1 amide bonds. The van der Waals surface area contributed by atoms with Crippen molar-refractivity contribution < 1.29 is 24.5 Å². The smallest absolute Gasteiger partial charge is 0.305 e. The maximum atomic E-state index is 12.5. The molecule has 0 aliphatic rings. The van der Waals surface area contributed by atoms with Crippen molar-refractivity contribution in [2.75, 3.05) is 13.2 Å². The molecule has 470 valence electrons. The minimum atomic E-state index is -0.666. The highest BCUT2D eigenvalue weighted by Gasteiger charge is 2.20. The van der Waals surface area contributed by atoms with E-state index in [-0.39, 0.29) is 18.5 Å². The Balaban J connectivity index is 3.41. The van der Waals surface area contributed by atoms with Crippen LogP contribution in [0, 0.1) is 0 Å². The quantitative estimate of drug-likeness (QED) is 0.0320. The van der Waals surface area contributed by atoms with Gasteiger partial charge in [-0.05, 0) is 89.9 Å². The molecule has 0 aromatic carbocycles. The third-order valence-electron chi connectivity index (χ3n) is 16.6. The molecule has 0 aromatic heterocycles. The van der Waals surface area contributed by atoms with Crippen LogP contribution in [0.2, 0.25) is 0 Å². The fourth-order valence-electron chi connectivity index (χ4n) is 11.1. The van der Waals surface area contributed by atoms with E-state index < -0.39 is 12.1 Å². The number of carbonyl (C=O) groups is 2. The number of aliphatic hydroxyl groups is 2. The molecule has 6 heteroatoms. The molecule has 0 rings (SSSR count). The molecular formula is C74H139NO5.